The number of anilines is 1. The third-order valence-electron chi connectivity index (χ3n) is 7.42. The van der Waals surface area contributed by atoms with E-state index in [1.54, 1.807) is 16.8 Å². The van der Waals surface area contributed by atoms with Crippen LogP contribution in [-0.4, -0.2) is 56.7 Å². The van der Waals surface area contributed by atoms with Gasteiger partial charge in [0.05, 0.1) is 16.8 Å². The van der Waals surface area contributed by atoms with Gasteiger partial charge >= 0.3 is 0 Å². The summed E-state index contributed by atoms with van der Waals surface area (Å²) in [5, 5.41) is 4.93. The predicted octanol–water partition coefficient (Wildman–Crippen LogP) is 5.87. The summed E-state index contributed by atoms with van der Waals surface area (Å²) < 4.78 is 15.5. The van der Waals surface area contributed by atoms with Crippen molar-refractivity contribution in [3.8, 4) is 5.69 Å². The number of benzene rings is 3. The molecule has 0 bridgehead atoms. The molecule has 9 heteroatoms. The molecule has 1 fully saturated rings. The number of hydrogen-bond donors (Lipinski definition) is 0. The molecular formula is C32H30ClFN6O. The van der Waals surface area contributed by atoms with Gasteiger partial charge in [-0.25, -0.2) is 19.0 Å². The molecule has 1 aliphatic rings. The first kappa shape index (κ1) is 26.9. The van der Waals surface area contributed by atoms with E-state index in [4.69, 9.17) is 26.7 Å². The average Bonchev–Trinajstić information content (AvgIpc) is 3.16. The number of carbonyl (C=O) groups is 1. The number of amides is 1. The highest BCUT2D eigenvalue weighted by molar-refractivity contribution is 6.30. The average molecular weight is 569 g/mol. The van der Waals surface area contributed by atoms with Crippen molar-refractivity contribution < 1.29 is 9.18 Å². The molecule has 2 aromatic heterocycles. The summed E-state index contributed by atoms with van der Waals surface area (Å²) in [5.41, 5.74) is 4.08. The van der Waals surface area contributed by atoms with E-state index in [1.807, 2.05) is 60.4 Å². The SMILES string of the molecule is Cc1nn(-c2ccc(F)cc2)c2nc(Cc3ccccc3)nc(N3CCCN(C(=O)[C@H](Cl)c4ccccc4)CC3)c12. The summed E-state index contributed by atoms with van der Waals surface area (Å²) in [5.74, 6) is 1.07. The van der Waals surface area contributed by atoms with Crippen molar-refractivity contribution in [1.82, 2.24) is 24.6 Å². The lowest BCUT2D eigenvalue weighted by Crippen LogP contribution is -2.37. The second-order valence-electron chi connectivity index (χ2n) is 10.2. The minimum Gasteiger partial charge on any atom is -0.354 e. The maximum absolute atomic E-state index is 13.7. The molecule has 1 saturated heterocycles. The maximum atomic E-state index is 13.7. The zero-order valence-electron chi connectivity index (χ0n) is 22.8. The first-order chi connectivity index (χ1) is 20.0. The fourth-order valence-corrected chi connectivity index (χ4v) is 5.61. The van der Waals surface area contributed by atoms with Crippen LogP contribution in [0, 0.1) is 12.7 Å². The van der Waals surface area contributed by atoms with E-state index in [1.165, 1.54) is 12.1 Å². The Hall–Kier alpha value is -4.30. The van der Waals surface area contributed by atoms with Gasteiger partial charge in [-0.3, -0.25) is 4.79 Å². The fraction of sp³-hybridized carbons (Fsp3) is 0.250. The van der Waals surface area contributed by atoms with E-state index in [2.05, 4.69) is 17.0 Å². The number of hydrogen-bond acceptors (Lipinski definition) is 5. The van der Waals surface area contributed by atoms with Crippen LogP contribution in [0.25, 0.3) is 16.7 Å². The molecule has 41 heavy (non-hydrogen) atoms. The van der Waals surface area contributed by atoms with Crippen LogP contribution in [0.1, 0.15) is 34.4 Å². The third-order valence-corrected chi connectivity index (χ3v) is 7.86. The summed E-state index contributed by atoms with van der Waals surface area (Å²) in [6.07, 6.45) is 1.33. The third kappa shape index (κ3) is 5.65. The lowest BCUT2D eigenvalue weighted by molar-refractivity contribution is -0.130. The molecule has 3 aromatic carbocycles. The Kier molecular flexibility index (Phi) is 7.65. The van der Waals surface area contributed by atoms with Gasteiger partial charge in [0.15, 0.2) is 5.65 Å². The van der Waals surface area contributed by atoms with Crippen molar-refractivity contribution >= 4 is 34.4 Å². The van der Waals surface area contributed by atoms with Crippen LogP contribution in [0.15, 0.2) is 84.9 Å². The van der Waals surface area contributed by atoms with Gasteiger partial charge < -0.3 is 9.80 Å². The smallest absolute Gasteiger partial charge is 0.245 e. The van der Waals surface area contributed by atoms with Crippen molar-refractivity contribution in [3.63, 3.8) is 0 Å². The van der Waals surface area contributed by atoms with Gasteiger partial charge in [0.25, 0.3) is 0 Å². The highest BCUT2D eigenvalue weighted by atomic mass is 35.5. The highest BCUT2D eigenvalue weighted by Crippen LogP contribution is 2.31. The lowest BCUT2D eigenvalue weighted by Gasteiger charge is -2.25. The summed E-state index contributed by atoms with van der Waals surface area (Å²) in [7, 11) is 0. The van der Waals surface area contributed by atoms with Crippen LogP contribution >= 0.6 is 11.6 Å². The molecule has 0 unspecified atom stereocenters. The Morgan fingerprint density at radius 3 is 2.34 bits per heavy atom. The number of halogens is 2. The fourth-order valence-electron chi connectivity index (χ4n) is 5.33. The number of carbonyl (C=O) groups excluding carboxylic acids is 1. The van der Waals surface area contributed by atoms with Crippen LogP contribution in [0.5, 0.6) is 0 Å². The van der Waals surface area contributed by atoms with Gasteiger partial charge in [0.2, 0.25) is 5.91 Å². The summed E-state index contributed by atoms with van der Waals surface area (Å²) in [4.78, 5) is 27.4. The number of aromatic nitrogens is 4. The summed E-state index contributed by atoms with van der Waals surface area (Å²) in [6, 6.07) is 25.8. The molecule has 7 nitrogen and oxygen atoms in total. The van der Waals surface area contributed by atoms with Crippen LogP contribution in [0.2, 0.25) is 0 Å². The van der Waals surface area contributed by atoms with Crippen molar-refractivity contribution in [2.24, 2.45) is 0 Å². The number of rotatable bonds is 6. The Labute approximate surface area is 243 Å². The Morgan fingerprint density at radius 1 is 0.902 bits per heavy atom. The number of nitrogens with zero attached hydrogens (tertiary/aromatic N) is 6. The van der Waals surface area contributed by atoms with Crippen LogP contribution in [-0.2, 0) is 11.2 Å². The Bertz CT molecular complexity index is 1660. The number of aryl methyl sites for hydroxylation is 1. The molecule has 6 rings (SSSR count). The quantitative estimate of drug-likeness (QED) is 0.240. The van der Waals surface area contributed by atoms with Crippen LogP contribution in [0.3, 0.4) is 0 Å². The molecule has 0 N–H and O–H groups in total. The largest absolute Gasteiger partial charge is 0.354 e. The number of fused-ring (bicyclic) bond motifs is 1. The molecule has 3 heterocycles. The Morgan fingerprint density at radius 2 is 1.61 bits per heavy atom. The first-order valence-electron chi connectivity index (χ1n) is 13.8. The van der Waals surface area contributed by atoms with Crippen molar-refractivity contribution in [3.05, 3.63) is 113 Å². The van der Waals surface area contributed by atoms with Crippen LogP contribution in [0.4, 0.5) is 10.2 Å². The second kappa shape index (κ2) is 11.7. The minimum absolute atomic E-state index is 0.0855. The summed E-state index contributed by atoms with van der Waals surface area (Å²) >= 11 is 6.60. The van der Waals surface area contributed by atoms with Crippen LogP contribution < -0.4 is 4.90 Å². The molecular weight excluding hydrogens is 539 g/mol. The molecule has 0 radical (unpaired) electrons. The maximum Gasteiger partial charge on any atom is 0.245 e. The Balaban J connectivity index is 1.35. The number of alkyl halides is 1. The van der Waals surface area contributed by atoms with E-state index in [0.717, 1.165) is 46.7 Å². The lowest BCUT2D eigenvalue weighted by atomic mass is 10.1. The van der Waals surface area contributed by atoms with Crippen molar-refractivity contribution in [1.29, 1.82) is 0 Å². The standard InChI is InChI=1S/C32H30ClFN6O/c1-22-28-30(38-17-8-18-39(20-19-38)32(41)29(33)24-11-6-3-7-12-24)35-27(21-23-9-4-2-5-10-23)36-31(28)40(37-22)26-15-13-25(34)14-16-26/h2-7,9-16,29H,8,17-21H2,1H3/t29-/m1/s1. The van der Waals surface area contributed by atoms with E-state index >= 15 is 0 Å². The molecule has 0 aliphatic carbocycles. The predicted molar refractivity (Wildman–Crippen MR) is 159 cm³/mol. The topological polar surface area (TPSA) is 67.2 Å². The molecule has 1 atom stereocenters. The molecule has 0 spiro atoms. The molecule has 0 saturated carbocycles. The summed E-state index contributed by atoms with van der Waals surface area (Å²) in [6.45, 7) is 4.41. The normalized spacial score (nSPS) is 14.7. The first-order valence-corrected chi connectivity index (χ1v) is 14.2. The van der Waals surface area contributed by atoms with Gasteiger partial charge in [-0.15, -0.1) is 11.6 Å². The minimum atomic E-state index is -0.720. The van der Waals surface area contributed by atoms with Gasteiger partial charge in [0.1, 0.15) is 22.8 Å². The van der Waals surface area contributed by atoms with E-state index in [9.17, 15) is 9.18 Å². The van der Waals surface area contributed by atoms with E-state index < -0.39 is 5.38 Å². The van der Waals surface area contributed by atoms with Crippen molar-refractivity contribution in [2.45, 2.75) is 25.1 Å². The monoisotopic (exact) mass is 568 g/mol. The van der Waals surface area contributed by atoms with Gasteiger partial charge in [0, 0.05) is 32.6 Å². The second-order valence-corrected chi connectivity index (χ2v) is 10.7. The zero-order chi connectivity index (χ0) is 28.3. The molecule has 1 aliphatic heterocycles. The zero-order valence-corrected chi connectivity index (χ0v) is 23.5. The van der Waals surface area contributed by atoms with E-state index in [0.29, 0.717) is 37.5 Å². The van der Waals surface area contributed by atoms with Gasteiger partial charge in [-0.1, -0.05) is 60.7 Å². The molecule has 5 aromatic rings. The highest BCUT2D eigenvalue weighted by Gasteiger charge is 2.28. The van der Waals surface area contributed by atoms with Gasteiger partial charge in [-0.05, 0) is 48.7 Å². The molecule has 1 amide bonds. The molecule has 208 valence electrons. The van der Waals surface area contributed by atoms with Crippen molar-refractivity contribution in [2.75, 3.05) is 31.1 Å². The van der Waals surface area contributed by atoms with Gasteiger partial charge in [-0.2, -0.15) is 5.10 Å². The van der Waals surface area contributed by atoms with E-state index in [-0.39, 0.29) is 11.7 Å².